The van der Waals surface area contributed by atoms with Crippen molar-refractivity contribution in [3.05, 3.63) is 0 Å². The maximum absolute atomic E-state index is 5.54. The van der Waals surface area contributed by atoms with Crippen molar-refractivity contribution in [3.63, 3.8) is 0 Å². The van der Waals surface area contributed by atoms with Gasteiger partial charge in [0.1, 0.15) is 0 Å². The number of hydrogen-bond donors (Lipinski definition) is 0. The predicted molar refractivity (Wildman–Crippen MR) is 47.1 cm³/mol. The summed E-state index contributed by atoms with van der Waals surface area (Å²) in [5.74, 6) is -0.822. The zero-order valence-corrected chi connectivity index (χ0v) is 8.89. The maximum Gasteiger partial charge on any atom is 0.295 e. The molecule has 1 atom stereocenters. The first-order valence-electron chi connectivity index (χ1n) is 4.12. The summed E-state index contributed by atoms with van der Waals surface area (Å²) in [5, 5.41) is 0. The van der Waals surface area contributed by atoms with Gasteiger partial charge in [0, 0.05) is 5.41 Å². The van der Waals surface area contributed by atoms with Gasteiger partial charge in [-0.15, -0.1) is 0 Å². The molecule has 0 aromatic rings. The minimum atomic E-state index is -0.822. The molecule has 3 heterocycles. The number of hydrogen-bond acceptors (Lipinski definition) is 3. The predicted octanol–water partition coefficient (Wildman–Crippen LogP) is 1.51. The lowest BCUT2D eigenvalue weighted by atomic mass is 9.91. The zero-order valence-electron chi connectivity index (χ0n) is 7.30. The average Bonchev–Trinajstić information content (AvgIpc) is 2.06. The van der Waals surface area contributed by atoms with Gasteiger partial charge in [-0.05, 0) is 6.92 Å². The number of halogens is 1. The highest BCUT2D eigenvalue weighted by Gasteiger charge is 2.52. The van der Waals surface area contributed by atoms with Crippen LogP contribution in [-0.4, -0.2) is 30.6 Å². The normalized spacial score (nSPS) is 49.2. The fourth-order valence-electron chi connectivity index (χ4n) is 1.42. The van der Waals surface area contributed by atoms with Crippen LogP contribution >= 0.6 is 15.9 Å². The van der Waals surface area contributed by atoms with Crippen molar-refractivity contribution in [2.45, 2.75) is 24.6 Å². The largest absolute Gasteiger partial charge is 0.326 e. The lowest BCUT2D eigenvalue weighted by molar-refractivity contribution is -0.462. The Bertz CT molecular complexity index is 168. The Kier molecular flexibility index (Phi) is 1.99. The first-order chi connectivity index (χ1) is 5.56. The molecule has 0 spiro atoms. The van der Waals surface area contributed by atoms with Crippen LogP contribution in [0, 0.1) is 5.41 Å². The lowest BCUT2D eigenvalue weighted by Crippen LogP contribution is -2.62. The van der Waals surface area contributed by atoms with E-state index in [0.717, 1.165) is 19.8 Å². The molecule has 0 aromatic carbocycles. The molecule has 3 aliphatic heterocycles. The molecule has 3 aliphatic rings. The Balaban J connectivity index is 2.14. The number of ether oxygens (including phenoxy) is 3. The Morgan fingerprint density at radius 2 is 1.58 bits per heavy atom. The lowest BCUT2D eigenvalue weighted by Gasteiger charge is -2.51. The molecule has 70 valence electrons. The summed E-state index contributed by atoms with van der Waals surface area (Å²) in [6.45, 7) is 6.25. The standard InChI is InChI=1S/C8H13BrO3/c1-6(9)8-10-3-7(2,4-11-8)5-12-8/h6H,3-5H2,1-2H3/t6-,7?,8?/m0/s1. The number of rotatable bonds is 1. The highest BCUT2D eigenvalue weighted by atomic mass is 79.9. The van der Waals surface area contributed by atoms with Crippen molar-refractivity contribution in [1.29, 1.82) is 0 Å². The summed E-state index contributed by atoms with van der Waals surface area (Å²) in [6, 6.07) is 0. The first-order valence-corrected chi connectivity index (χ1v) is 5.04. The van der Waals surface area contributed by atoms with E-state index in [1.807, 2.05) is 6.92 Å². The molecule has 0 N–H and O–H groups in total. The van der Waals surface area contributed by atoms with Crippen LogP contribution in [0.25, 0.3) is 0 Å². The second-order valence-electron chi connectivity index (χ2n) is 3.90. The van der Waals surface area contributed by atoms with Gasteiger partial charge < -0.3 is 14.2 Å². The van der Waals surface area contributed by atoms with Gasteiger partial charge in [0.15, 0.2) is 0 Å². The minimum Gasteiger partial charge on any atom is -0.326 e. The van der Waals surface area contributed by atoms with Gasteiger partial charge in [-0.2, -0.15) is 0 Å². The number of alkyl halides is 1. The molecule has 3 nitrogen and oxygen atoms in total. The molecule has 0 aliphatic carbocycles. The molecule has 0 saturated carbocycles. The zero-order chi connectivity index (χ0) is 8.82. The molecular weight excluding hydrogens is 224 g/mol. The first kappa shape index (κ1) is 8.94. The van der Waals surface area contributed by atoms with Crippen molar-refractivity contribution < 1.29 is 14.2 Å². The fourth-order valence-corrected chi connectivity index (χ4v) is 1.82. The highest BCUT2D eigenvalue weighted by molar-refractivity contribution is 9.09. The SMILES string of the molecule is C[C@H](Br)C12OCC(C)(CO1)CO2. The third-order valence-electron chi connectivity index (χ3n) is 2.35. The van der Waals surface area contributed by atoms with Crippen molar-refractivity contribution in [2.75, 3.05) is 19.8 Å². The second-order valence-corrected chi connectivity index (χ2v) is 5.27. The Labute approximate surface area is 80.5 Å². The molecule has 0 unspecified atom stereocenters. The average molecular weight is 237 g/mol. The number of fused-ring (bicyclic) bond motifs is 3. The van der Waals surface area contributed by atoms with Crippen LogP contribution in [0.1, 0.15) is 13.8 Å². The molecule has 0 radical (unpaired) electrons. The van der Waals surface area contributed by atoms with Crippen LogP contribution in [0.3, 0.4) is 0 Å². The van der Waals surface area contributed by atoms with Gasteiger partial charge in [0.05, 0.1) is 24.6 Å². The Morgan fingerprint density at radius 3 is 1.92 bits per heavy atom. The molecule has 0 amide bonds. The maximum atomic E-state index is 5.54. The van der Waals surface area contributed by atoms with Gasteiger partial charge in [-0.3, -0.25) is 0 Å². The molecule has 3 rings (SSSR count). The molecule has 0 aromatic heterocycles. The Hall–Kier alpha value is 0.360. The monoisotopic (exact) mass is 236 g/mol. The van der Waals surface area contributed by atoms with Gasteiger partial charge >= 0.3 is 0 Å². The second kappa shape index (κ2) is 2.67. The van der Waals surface area contributed by atoms with E-state index in [0.29, 0.717) is 0 Å². The van der Waals surface area contributed by atoms with Crippen LogP contribution in [0.15, 0.2) is 0 Å². The quantitative estimate of drug-likeness (QED) is 0.647. The van der Waals surface area contributed by atoms with Crippen molar-refractivity contribution >= 4 is 15.9 Å². The van der Waals surface area contributed by atoms with E-state index in [-0.39, 0.29) is 10.2 Å². The van der Waals surface area contributed by atoms with E-state index in [1.54, 1.807) is 0 Å². The van der Waals surface area contributed by atoms with E-state index in [1.165, 1.54) is 0 Å². The molecule has 3 saturated heterocycles. The van der Waals surface area contributed by atoms with E-state index in [4.69, 9.17) is 14.2 Å². The highest BCUT2D eigenvalue weighted by Crippen LogP contribution is 2.41. The van der Waals surface area contributed by atoms with E-state index >= 15 is 0 Å². The summed E-state index contributed by atoms with van der Waals surface area (Å²) in [4.78, 5) is 0.0647. The smallest absolute Gasteiger partial charge is 0.295 e. The summed E-state index contributed by atoms with van der Waals surface area (Å²) < 4.78 is 16.6. The van der Waals surface area contributed by atoms with Crippen LogP contribution < -0.4 is 0 Å². The van der Waals surface area contributed by atoms with Crippen molar-refractivity contribution in [2.24, 2.45) is 5.41 Å². The van der Waals surface area contributed by atoms with Crippen LogP contribution in [0.4, 0.5) is 0 Å². The summed E-state index contributed by atoms with van der Waals surface area (Å²) in [6.07, 6.45) is 0. The fraction of sp³-hybridized carbons (Fsp3) is 1.00. The molecule has 12 heavy (non-hydrogen) atoms. The minimum absolute atomic E-state index is 0.0592. The van der Waals surface area contributed by atoms with Gasteiger partial charge in [-0.1, -0.05) is 22.9 Å². The molecule has 4 heteroatoms. The van der Waals surface area contributed by atoms with Crippen LogP contribution in [0.2, 0.25) is 0 Å². The molecular formula is C8H13BrO3. The third-order valence-corrected chi connectivity index (χ3v) is 2.91. The van der Waals surface area contributed by atoms with Crippen molar-refractivity contribution in [1.82, 2.24) is 0 Å². The topological polar surface area (TPSA) is 27.7 Å². The molecule has 3 fully saturated rings. The summed E-state index contributed by atoms with van der Waals surface area (Å²) >= 11 is 3.42. The third kappa shape index (κ3) is 1.21. The van der Waals surface area contributed by atoms with Crippen LogP contribution in [-0.2, 0) is 14.2 Å². The Morgan fingerprint density at radius 1 is 1.17 bits per heavy atom. The van der Waals surface area contributed by atoms with Crippen LogP contribution in [0.5, 0.6) is 0 Å². The molecule has 2 bridgehead atoms. The van der Waals surface area contributed by atoms with Crippen molar-refractivity contribution in [3.8, 4) is 0 Å². The van der Waals surface area contributed by atoms with Gasteiger partial charge in [0.2, 0.25) is 0 Å². The summed E-state index contributed by atoms with van der Waals surface area (Å²) in [5.41, 5.74) is 0.0592. The van der Waals surface area contributed by atoms with E-state index in [2.05, 4.69) is 22.9 Å². The van der Waals surface area contributed by atoms with Gasteiger partial charge in [-0.25, -0.2) is 0 Å². The summed E-state index contributed by atoms with van der Waals surface area (Å²) in [7, 11) is 0. The van der Waals surface area contributed by atoms with E-state index in [9.17, 15) is 0 Å². The van der Waals surface area contributed by atoms with E-state index < -0.39 is 5.97 Å². The van der Waals surface area contributed by atoms with Gasteiger partial charge in [0.25, 0.3) is 5.97 Å².